The first-order valence-electron chi connectivity index (χ1n) is 3.16. The van der Waals surface area contributed by atoms with Crippen molar-refractivity contribution in [3.8, 4) is 0 Å². The fourth-order valence-electron chi connectivity index (χ4n) is 0.728. The molecule has 0 unspecified atom stereocenters. The summed E-state index contributed by atoms with van der Waals surface area (Å²) in [6, 6.07) is 6.17. The fourth-order valence-corrected chi connectivity index (χ4v) is 1.32. The van der Waals surface area contributed by atoms with Crippen molar-refractivity contribution in [2.24, 2.45) is 0 Å². The second-order valence-electron chi connectivity index (χ2n) is 2.16. The molecule has 0 saturated carbocycles. The van der Waals surface area contributed by atoms with E-state index in [0.717, 1.165) is 0 Å². The Hall–Kier alpha value is -0.640. The Bertz CT molecular complexity index is 267. The Morgan fingerprint density at radius 3 is 2.25 bits per heavy atom. The summed E-state index contributed by atoms with van der Waals surface area (Å²) in [7, 11) is 0. The zero-order valence-corrected chi connectivity index (χ0v) is 6.88. The molecule has 0 fully saturated rings. The summed E-state index contributed by atoms with van der Waals surface area (Å²) in [5.41, 5.74) is -3.83. The molecule has 1 aromatic rings. The lowest BCUT2D eigenvalue weighted by atomic mass is 10.2. The molecule has 0 N–H and O–H groups in total. The van der Waals surface area contributed by atoms with Crippen LogP contribution in [0.25, 0.3) is 0 Å². The van der Waals surface area contributed by atoms with Gasteiger partial charge in [-0.25, -0.2) is 0 Å². The normalized spacial score (nSPS) is 11.7. The number of benzene rings is 1. The second kappa shape index (κ2) is 3.39. The summed E-state index contributed by atoms with van der Waals surface area (Å²) in [5, 5.41) is 0. The predicted octanol–water partition coefficient (Wildman–Crippen LogP) is 3.48. The zero-order valence-electron chi connectivity index (χ0n) is 6.06. The first kappa shape index (κ1) is 9.45. The van der Waals surface area contributed by atoms with E-state index in [1.165, 1.54) is 6.07 Å². The van der Waals surface area contributed by atoms with Crippen molar-refractivity contribution in [3.63, 3.8) is 0 Å². The molecule has 12 heavy (non-hydrogen) atoms. The van der Waals surface area contributed by atoms with Gasteiger partial charge in [-0.15, -0.1) is 0 Å². The van der Waals surface area contributed by atoms with Crippen molar-refractivity contribution >= 4 is 11.8 Å². The maximum absolute atomic E-state index is 11.9. The van der Waals surface area contributed by atoms with Crippen LogP contribution in [0.1, 0.15) is 5.56 Å². The molecule has 0 aliphatic rings. The maximum Gasteiger partial charge on any atom is 0.446 e. The van der Waals surface area contributed by atoms with Gasteiger partial charge < -0.3 is 0 Å². The Balaban J connectivity index is 2.83. The second-order valence-corrected chi connectivity index (χ2v) is 3.26. The summed E-state index contributed by atoms with van der Waals surface area (Å²) in [6.45, 7) is 3.48. The summed E-state index contributed by atoms with van der Waals surface area (Å²) < 4.78 is 35.6. The number of halogens is 3. The van der Waals surface area contributed by atoms with Crippen LogP contribution in [0.5, 0.6) is 0 Å². The third kappa shape index (κ3) is 2.77. The van der Waals surface area contributed by atoms with Crippen LogP contribution in [0.4, 0.5) is 13.2 Å². The Labute approximate surface area is 72.8 Å². The van der Waals surface area contributed by atoms with Gasteiger partial charge in [0.15, 0.2) is 0 Å². The van der Waals surface area contributed by atoms with Crippen molar-refractivity contribution in [3.05, 3.63) is 36.8 Å². The fraction of sp³-hybridized carbons (Fsp3) is 0.125. The lowest BCUT2D eigenvalue weighted by molar-refractivity contribution is -0.0328. The summed E-state index contributed by atoms with van der Waals surface area (Å²) in [5.74, 6) is 0. The molecule has 1 radical (unpaired) electrons. The standard InChI is InChI=1S/C8H6F3S/c1-6-4-2-3-5-7(6)12-8(9,10)11/h2-5H,1H2. The van der Waals surface area contributed by atoms with E-state index in [0.29, 0.717) is 5.56 Å². The maximum atomic E-state index is 11.9. The molecule has 1 aromatic carbocycles. The average Bonchev–Trinajstić information content (AvgIpc) is 1.91. The van der Waals surface area contributed by atoms with Crippen LogP contribution in [0.15, 0.2) is 29.2 Å². The van der Waals surface area contributed by atoms with Crippen LogP contribution in [0, 0.1) is 6.92 Å². The summed E-state index contributed by atoms with van der Waals surface area (Å²) >= 11 is -0.135. The molecule has 0 bridgehead atoms. The SMILES string of the molecule is [CH2]c1ccccc1SC(F)(F)F. The van der Waals surface area contributed by atoms with Crippen LogP contribution in [0.3, 0.4) is 0 Å². The van der Waals surface area contributed by atoms with E-state index < -0.39 is 5.51 Å². The highest BCUT2D eigenvalue weighted by molar-refractivity contribution is 8.00. The van der Waals surface area contributed by atoms with Crippen LogP contribution in [-0.2, 0) is 0 Å². The van der Waals surface area contributed by atoms with E-state index in [2.05, 4.69) is 6.92 Å². The molecule has 4 heteroatoms. The van der Waals surface area contributed by atoms with Gasteiger partial charge in [-0.2, -0.15) is 13.2 Å². The predicted molar refractivity (Wildman–Crippen MR) is 42.8 cm³/mol. The number of rotatable bonds is 1. The molecule has 0 amide bonds. The van der Waals surface area contributed by atoms with Gasteiger partial charge in [0, 0.05) is 4.90 Å². The van der Waals surface area contributed by atoms with Gasteiger partial charge in [0.05, 0.1) is 0 Å². The van der Waals surface area contributed by atoms with Gasteiger partial charge in [0.2, 0.25) is 0 Å². The van der Waals surface area contributed by atoms with Crippen molar-refractivity contribution in [2.45, 2.75) is 10.4 Å². The van der Waals surface area contributed by atoms with E-state index in [4.69, 9.17) is 0 Å². The van der Waals surface area contributed by atoms with E-state index in [9.17, 15) is 13.2 Å². The van der Waals surface area contributed by atoms with Gasteiger partial charge in [-0.1, -0.05) is 18.2 Å². The minimum absolute atomic E-state index is 0.135. The van der Waals surface area contributed by atoms with Gasteiger partial charge in [-0.05, 0) is 30.3 Å². The largest absolute Gasteiger partial charge is 0.446 e. The minimum atomic E-state index is -4.23. The number of hydrogen-bond donors (Lipinski definition) is 0. The molecule has 0 spiro atoms. The van der Waals surface area contributed by atoms with Crippen molar-refractivity contribution < 1.29 is 13.2 Å². The van der Waals surface area contributed by atoms with E-state index in [1.54, 1.807) is 18.2 Å². The molecule has 0 atom stereocenters. The van der Waals surface area contributed by atoms with Crippen molar-refractivity contribution in [1.29, 1.82) is 0 Å². The van der Waals surface area contributed by atoms with Gasteiger partial charge >= 0.3 is 5.51 Å². The van der Waals surface area contributed by atoms with Crippen molar-refractivity contribution in [1.82, 2.24) is 0 Å². The number of thioether (sulfide) groups is 1. The highest BCUT2D eigenvalue weighted by atomic mass is 32.2. The molecule has 0 nitrogen and oxygen atoms in total. The summed E-state index contributed by atoms with van der Waals surface area (Å²) in [6.07, 6.45) is 0. The molecule has 0 aliphatic carbocycles. The monoisotopic (exact) mass is 191 g/mol. The van der Waals surface area contributed by atoms with Crippen LogP contribution < -0.4 is 0 Å². The lowest BCUT2D eigenvalue weighted by Gasteiger charge is -2.06. The van der Waals surface area contributed by atoms with E-state index in [1.807, 2.05) is 0 Å². The van der Waals surface area contributed by atoms with Gasteiger partial charge in [-0.3, -0.25) is 0 Å². The molecule has 0 aromatic heterocycles. The molecule has 0 heterocycles. The molecule has 0 aliphatic heterocycles. The smallest absolute Gasteiger partial charge is 0.160 e. The molecule has 0 saturated heterocycles. The summed E-state index contributed by atoms with van der Waals surface area (Å²) in [4.78, 5) is 0.157. The van der Waals surface area contributed by atoms with Gasteiger partial charge in [0.1, 0.15) is 0 Å². The Kier molecular flexibility index (Phi) is 2.67. The van der Waals surface area contributed by atoms with E-state index >= 15 is 0 Å². The minimum Gasteiger partial charge on any atom is -0.160 e. The Morgan fingerprint density at radius 1 is 1.17 bits per heavy atom. The van der Waals surface area contributed by atoms with Crippen LogP contribution >= 0.6 is 11.8 Å². The van der Waals surface area contributed by atoms with Crippen molar-refractivity contribution in [2.75, 3.05) is 0 Å². The highest BCUT2D eigenvalue weighted by Gasteiger charge is 2.29. The molecular weight excluding hydrogens is 185 g/mol. The van der Waals surface area contributed by atoms with Crippen LogP contribution in [-0.4, -0.2) is 5.51 Å². The first-order valence-corrected chi connectivity index (χ1v) is 3.97. The third-order valence-corrected chi connectivity index (χ3v) is 2.05. The molecular formula is C8H6F3S. The average molecular weight is 191 g/mol. The Morgan fingerprint density at radius 2 is 1.75 bits per heavy atom. The topological polar surface area (TPSA) is 0 Å². The quantitative estimate of drug-likeness (QED) is 0.612. The number of alkyl halides is 3. The highest BCUT2D eigenvalue weighted by Crippen LogP contribution is 2.37. The lowest BCUT2D eigenvalue weighted by Crippen LogP contribution is -1.99. The third-order valence-electron chi connectivity index (χ3n) is 1.20. The number of hydrogen-bond acceptors (Lipinski definition) is 1. The van der Waals surface area contributed by atoms with E-state index in [-0.39, 0.29) is 16.7 Å². The molecule has 65 valence electrons. The van der Waals surface area contributed by atoms with Crippen LogP contribution in [0.2, 0.25) is 0 Å². The first-order chi connectivity index (χ1) is 5.49. The molecule has 1 rings (SSSR count). The van der Waals surface area contributed by atoms with Gasteiger partial charge in [0.25, 0.3) is 0 Å². The zero-order chi connectivity index (χ0) is 9.19.